The zero-order chi connectivity index (χ0) is 11.3. The second-order valence-electron chi connectivity index (χ2n) is 2.60. The fourth-order valence-electron chi connectivity index (χ4n) is 1.01. The molecule has 0 aliphatic carbocycles. The van der Waals surface area contributed by atoms with E-state index in [0.29, 0.717) is 5.75 Å². The number of carbonyl (C=O) groups is 1. The van der Waals surface area contributed by atoms with E-state index >= 15 is 0 Å². The van der Waals surface area contributed by atoms with Crippen LogP contribution in [0.25, 0.3) is 0 Å². The van der Waals surface area contributed by atoms with E-state index in [0.717, 1.165) is 9.13 Å². The Morgan fingerprint density at radius 3 is 3.00 bits per heavy atom. The van der Waals surface area contributed by atoms with E-state index in [2.05, 4.69) is 33.1 Å². The van der Waals surface area contributed by atoms with E-state index < -0.39 is 6.03 Å². The van der Waals surface area contributed by atoms with Gasteiger partial charge in [0.1, 0.15) is 5.75 Å². The topological polar surface area (TPSA) is 76.7 Å². The number of nitrogens with zero attached hydrogens (tertiary/aromatic N) is 1. The summed E-state index contributed by atoms with van der Waals surface area (Å²) in [6.07, 6.45) is 1.48. The zero-order valence-electron chi connectivity index (χ0n) is 8.03. The zero-order valence-corrected chi connectivity index (χ0v) is 10.2. The van der Waals surface area contributed by atoms with Crippen LogP contribution in [0.2, 0.25) is 0 Å². The van der Waals surface area contributed by atoms with Gasteiger partial charge >= 0.3 is 6.03 Å². The van der Waals surface area contributed by atoms with E-state index in [4.69, 9.17) is 10.5 Å². The number of amides is 2. The first-order valence-corrected chi connectivity index (χ1v) is 5.14. The van der Waals surface area contributed by atoms with Crippen molar-refractivity contribution in [2.45, 2.75) is 0 Å². The Balaban J connectivity index is 2.89. The van der Waals surface area contributed by atoms with Gasteiger partial charge in [0.25, 0.3) is 0 Å². The Bertz CT molecular complexity index is 393. The number of primary amides is 1. The molecule has 15 heavy (non-hydrogen) atoms. The number of methoxy groups -OCH3 is 1. The molecule has 1 aromatic rings. The maximum absolute atomic E-state index is 10.4. The number of carbonyl (C=O) groups excluding carboxylic acids is 1. The van der Waals surface area contributed by atoms with Crippen LogP contribution in [0.3, 0.4) is 0 Å². The molecule has 3 N–H and O–H groups in total. The highest BCUT2D eigenvalue weighted by molar-refractivity contribution is 14.1. The summed E-state index contributed by atoms with van der Waals surface area (Å²) in [6.45, 7) is 0. The largest absolute Gasteiger partial charge is 0.495 e. The third-order valence-electron chi connectivity index (χ3n) is 1.58. The highest BCUT2D eigenvalue weighted by atomic mass is 127. The SMILES string of the molecule is COc1c(I)cccc1C=NNC(N)=O. The molecular weight excluding hydrogens is 309 g/mol. The van der Waals surface area contributed by atoms with Crippen LogP contribution in [0.15, 0.2) is 23.3 Å². The van der Waals surface area contributed by atoms with Gasteiger partial charge in [-0.2, -0.15) is 5.10 Å². The van der Waals surface area contributed by atoms with Gasteiger partial charge in [0.05, 0.1) is 16.9 Å². The summed E-state index contributed by atoms with van der Waals surface area (Å²) < 4.78 is 6.16. The molecule has 0 heterocycles. The van der Waals surface area contributed by atoms with Crippen molar-refractivity contribution < 1.29 is 9.53 Å². The lowest BCUT2D eigenvalue weighted by molar-refractivity contribution is 0.249. The molecule has 0 aromatic heterocycles. The number of halogens is 1. The van der Waals surface area contributed by atoms with Crippen LogP contribution in [0.1, 0.15) is 5.56 Å². The van der Waals surface area contributed by atoms with Gasteiger partial charge in [0.2, 0.25) is 0 Å². The Kier molecular flexibility index (Phi) is 4.35. The standard InChI is InChI=1S/C9H10IN3O2/c1-15-8-6(3-2-4-7(8)10)5-12-13-9(11)14/h2-5H,1H3,(H3,11,13,14). The molecule has 0 unspecified atom stereocenters. The molecule has 1 rings (SSSR count). The molecule has 6 heteroatoms. The fraction of sp³-hybridized carbons (Fsp3) is 0.111. The number of nitrogens with two attached hydrogens (primary N) is 1. The smallest absolute Gasteiger partial charge is 0.332 e. The first-order valence-electron chi connectivity index (χ1n) is 4.06. The summed E-state index contributed by atoms with van der Waals surface area (Å²) in [6, 6.07) is 4.91. The van der Waals surface area contributed by atoms with Crippen LogP contribution in [0, 0.1) is 3.57 Å². The fourth-order valence-corrected chi connectivity index (χ4v) is 1.75. The Labute approximate surface area is 101 Å². The predicted octanol–water partition coefficient (Wildman–Crippen LogP) is 1.30. The van der Waals surface area contributed by atoms with Gasteiger partial charge in [-0.25, -0.2) is 10.2 Å². The number of benzene rings is 1. The van der Waals surface area contributed by atoms with Gasteiger partial charge in [-0.3, -0.25) is 0 Å². The number of hydrogen-bond donors (Lipinski definition) is 2. The van der Waals surface area contributed by atoms with E-state index in [1.54, 1.807) is 7.11 Å². The molecule has 1 aromatic carbocycles. The van der Waals surface area contributed by atoms with E-state index in [9.17, 15) is 4.79 Å². The van der Waals surface area contributed by atoms with Crippen LogP contribution in [0.4, 0.5) is 4.79 Å². The molecule has 0 saturated carbocycles. The molecular formula is C9H10IN3O2. The predicted molar refractivity (Wildman–Crippen MR) is 66.0 cm³/mol. The van der Waals surface area contributed by atoms with E-state index in [-0.39, 0.29) is 0 Å². The molecule has 0 atom stereocenters. The Morgan fingerprint density at radius 2 is 2.40 bits per heavy atom. The summed E-state index contributed by atoms with van der Waals surface area (Å²) in [5.74, 6) is 0.716. The molecule has 5 nitrogen and oxygen atoms in total. The minimum atomic E-state index is -0.698. The second-order valence-corrected chi connectivity index (χ2v) is 3.76. The average Bonchev–Trinajstić information content (AvgIpc) is 2.17. The number of nitrogens with one attached hydrogen (secondary N) is 1. The van der Waals surface area contributed by atoms with E-state index in [1.807, 2.05) is 18.2 Å². The molecule has 80 valence electrons. The van der Waals surface area contributed by atoms with Gasteiger partial charge in [0, 0.05) is 5.56 Å². The summed E-state index contributed by atoms with van der Waals surface area (Å²) in [5, 5.41) is 3.66. The summed E-state index contributed by atoms with van der Waals surface area (Å²) >= 11 is 2.15. The van der Waals surface area contributed by atoms with Gasteiger partial charge in [-0.1, -0.05) is 6.07 Å². The third kappa shape index (κ3) is 3.39. The third-order valence-corrected chi connectivity index (χ3v) is 2.43. The summed E-state index contributed by atoms with van der Waals surface area (Å²) in [4.78, 5) is 10.4. The Morgan fingerprint density at radius 1 is 1.67 bits per heavy atom. The molecule has 0 aliphatic heterocycles. The van der Waals surface area contributed by atoms with Crippen molar-refractivity contribution in [1.82, 2.24) is 5.43 Å². The molecule has 0 fully saturated rings. The van der Waals surface area contributed by atoms with Crippen molar-refractivity contribution in [3.05, 3.63) is 27.3 Å². The first kappa shape index (κ1) is 11.8. The van der Waals surface area contributed by atoms with Crippen LogP contribution in [0.5, 0.6) is 5.75 Å². The quantitative estimate of drug-likeness (QED) is 0.500. The van der Waals surface area contributed by atoms with Crippen molar-refractivity contribution >= 4 is 34.8 Å². The van der Waals surface area contributed by atoms with Gasteiger partial charge in [-0.05, 0) is 34.7 Å². The van der Waals surface area contributed by atoms with Crippen LogP contribution >= 0.6 is 22.6 Å². The lowest BCUT2D eigenvalue weighted by Crippen LogP contribution is -2.24. The van der Waals surface area contributed by atoms with Crippen molar-refractivity contribution in [1.29, 1.82) is 0 Å². The number of ether oxygens (including phenoxy) is 1. The molecule has 0 radical (unpaired) electrons. The van der Waals surface area contributed by atoms with Crippen LogP contribution in [-0.4, -0.2) is 19.4 Å². The maximum atomic E-state index is 10.4. The normalized spacial score (nSPS) is 10.3. The second kappa shape index (κ2) is 5.54. The highest BCUT2D eigenvalue weighted by Gasteiger charge is 2.03. The molecule has 0 bridgehead atoms. The van der Waals surface area contributed by atoms with Gasteiger partial charge < -0.3 is 10.5 Å². The molecule has 0 spiro atoms. The van der Waals surface area contributed by atoms with Crippen molar-refractivity contribution in [2.24, 2.45) is 10.8 Å². The number of hydrogen-bond acceptors (Lipinski definition) is 3. The molecule has 2 amide bonds. The number of para-hydroxylation sites is 1. The van der Waals surface area contributed by atoms with Crippen LogP contribution in [-0.2, 0) is 0 Å². The monoisotopic (exact) mass is 319 g/mol. The van der Waals surface area contributed by atoms with Gasteiger partial charge in [0.15, 0.2) is 0 Å². The summed E-state index contributed by atoms with van der Waals surface area (Å²) in [7, 11) is 1.58. The van der Waals surface area contributed by atoms with Crippen molar-refractivity contribution in [3.63, 3.8) is 0 Å². The maximum Gasteiger partial charge on any atom is 0.332 e. The minimum absolute atomic E-state index is 0.698. The number of urea groups is 1. The first-order chi connectivity index (χ1) is 7.15. The van der Waals surface area contributed by atoms with Crippen molar-refractivity contribution in [3.8, 4) is 5.75 Å². The number of rotatable bonds is 3. The average molecular weight is 319 g/mol. The van der Waals surface area contributed by atoms with E-state index in [1.165, 1.54) is 6.21 Å². The molecule has 0 saturated heterocycles. The lowest BCUT2D eigenvalue weighted by atomic mass is 10.2. The minimum Gasteiger partial charge on any atom is -0.495 e. The summed E-state index contributed by atoms with van der Waals surface area (Å²) in [5.41, 5.74) is 7.75. The lowest BCUT2D eigenvalue weighted by Gasteiger charge is -2.05. The molecule has 0 aliphatic rings. The number of hydrazone groups is 1. The van der Waals surface area contributed by atoms with Crippen molar-refractivity contribution in [2.75, 3.05) is 7.11 Å². The van der Waals surface area contributed by atoms with Crippen LogP contribution < -0.4 is 15.9 Å². The Hall–Kier alpha value is -1.31. The van der Waals surface area contributed by atoms with Gasteiger partial charge in [-0.15, -0.1) is 0 Å². The highest BCUT2D eigenvalue weighted by Crippen LogP contribution is 2.23.